The summed E-state index contributed by atoms with van der Waals surface area (Å²) in [5.74, 6) is -0.257. The number of aromatic nitrogens is 3. The third-order valence-corrected chi connectivity index (χ3v) is 5.30. The zero-order chi connectivity index (χ0) is 23.4. The summed E-state index contributed by atoms with van der Waals surface area (Å²) in [6.45, 7) is 1.84. The molecule has 2 heterocycles. The van der Waals surface area contributed by atoms with Crippen LogP contribution in [0, 0.1) is 6.92 Å². The molecule has 0 fully saturated rings. The summed E-state index contributed by atoms with van der Waals surface area (Å²) in [6.07, 6.45) is 1.83. The van der Waals surface area contributed by atoms with Crippen LogP contribution in [-0.4, -0.2) is 26.6 Å². The summed E-state index contributed by atoms with van der Waals surface area (Å²) in [4.78, 5) is 29.5. The number of nitrogens with zero attached hydrogens (tertiary/aromatic N) is 3. The van der Waals surface area contributed by atoms with Crippen molar-refractivity contribution in [1.82, 2.24) is 14.8 Å². The fourth-order valence-corrected chi connectivity index (χ4v) is 3.64. The molecule has 0 bridgehead atoms. The molecule has 0 aliphatic rings. The van der Waals surface area contributed by atoms with Gasteiger partial charge in [0.1, 0.15) is 5.69 Å². The van der Waals surface area contributed by atoms with Gasteiger partial charge >= 0.3 is 0 Å². The average molecular weight is 480 g/mol. The lowest BCUT2D eigenvalue weighted by Gasteiger charge is -2.12. The van der Waals surface area contributed by atoms with Crippen LogP contribution < -0.4 is 10.6 Å². The van der Waals surface area contributed by atoms with E-state index in [1.807, 2.05) is 37.3 Å². The van der Waals surface area contributed by atoms with E-state index in [-0.39, 0.29) is 23.2 Å². The molecule has 0 unspecified atom stereocenters. The van der Waals surface area contributed by atoms with Gasteiger partial charge in [0.05, 0.1) is 11.4 Å². The molecule has 7 nitrogen and oxygen atoms in total. The molecule has 0 aliphatic heterocycles. The van der Waals surface area contributed by atoms with E-state index in [0.29, 0.717) is 22.2 Å². The highest BCUT2D eigenvalue weighted by atomic mass is 35.5. The third-order valence-electron chi connectivity index (χ3n) is 4.82. The maximum absolute atomic E-state index is 13.0. The van der Waals surface area contributed by atoms with Crippen molar-refractivity contribution < 1.29 is 9.59 Å². The van der Waals surface area contributed by atoms with Gasteiger partial charge in [-0.25, -0.2) is 9.67 Å². The van der Waals surface area contributed by atoms with Crippen LogP contribution in [-0.2, 0) is 11.2 Å². The molecule has 0 saturated carbocycles. The number of carbonyl (C=O) groups excluding carboxylic acids is 2. The molecule has 0 saturated heterocycles. The molecule has 0 radical (unpaired) electrons. The lowest BCUT2D eigenvalue weighted by atomic mass is 10.1. The predicted molar refractivity (Wildman–Crippen MR) is 129 cm³/mol. The Morgan fingerprint density at radius 2 is 1.76 bits per heavy atom. The SMILES string of the molecule is Cc1cc(NC(=O)Cc2ccccc2)ccc1NC(=O)c1cc(Cl)nn1-c1ncccc1Cl. The maximum atomic E-state index is 13.0. The van der Waals surface area contributed by atoms with Crippen molar-refractivity contribution in [2.75, 3.05) is 10.6 Å². The van der Waals surface area contributed by atoms with Crippen LogP contribution >= 0.6 is 23.2 Å². The first kappa shape index (κ1) is 22.5. The minimum Gasteiger partial charge on any atom is -0.326 e. The molecule has 2 N–H and O–H groups in total. The highest BCUT2D eigenvalue weighted by Gasteiger charge is 2.19. The number of aryl methyl sites for hydroxylation is 1. The number of hydrogen-bond donors (Lipinski definition) is 2. The molecule has 2 aromatic heterocycles. The van der Waals surface area contributed by atoms with Gasteiger partial charge in [0, 0.05) is 23.6 Å². The number of hydrogen-bond acceptors (Lipinski definition) is 4. The number of halogens is 2. The van der Waals surface area contributed by atoms with Crippen LogP contribution in [0.25, 0.3) is 5.82 Å². The summed E-state index contributed by atoms with van der Waals surface area (Å²) in [6, 6.07) is 19.5. The van der Waals surface area contributed by atoms with Crippen LogP contribution in [0.3, 0.4) is 0 Å². The Morgan fingerprint density at radius 1 is 0.970 bits per heavy atom. The van der Waals surface area contributed by atoms with Gasteiger partial charge < -0.3 is 10.6 Å². The Morgan fingerprint density at radius 3 is 2.48 bits per heavy atom. The van der Waals surface area contributed by atoms with E-state index in [0.717, 1.165) is 11.1 Å². The Hall–Kier alpha value is -3.68. The first-order valence-electron chi connectivity index (χ1n) is 10.0. The van der Waals surface area contributed by atoms with Crippen molar-refractivity contribution in [3.8, 4) is 5.82 Å². The first-order valence-corrected chi connectivity index (χ1v) is 10.8. The highest BCUT2D eigenvalue weighted by Crippen LogP contribution is 2.24. The monoisotopic (exact) mass is 479 g/mol. The van der Waals surface area contributed by atoms with Gasteiger partial charge in [0.25, 0.3) is 5.91 Å². The van der Waals surface area contributed by atoms with E-state index in [2.05, 4.69) is 20.7 Å². The molecular weight excluding hydrogens is 461 g/mol. The lowest BCUT2D eigenvalue weighted by molar-refractivity contribution is -0.115. The number of amides is 2. The Kier molecular flexibility index (Phi) is 6.72. The number of rotatable bonds is 6. The van der Waals surface area contributed by atoms with Crippen LogP contribution in [0.2, 0.25) is 10.2 Å². The van der Waals surface area contributed by atoms with Crippen LogP contribution in [0.15, 0.2) is 72.9 Å². The van der Waals surface area contributed by atoms with E-state index in [4.69, 9.17) is 23.2 Å². The van der Waals surface area contributed by atoms with Gasteiger partial charge in [0.15, 0.2) is 11.0 Å². The van der Waals surface area contributed by atoms with Crippen LogP contribution in [0.4, 0.5) is 11.4 Å². The number of benzene rings is 2. The minimum absolute atomic E-state index is 0.122. The molecule has 2 amide bonds. The second-order valence-electron chi connectivity index (χ2n) is 7.27. The Balaban J connectivity index is 1.48. The highest BCUT2D eigenvalue weighted by molar-refractivity contribution is 6.32. The molecule has 0 atom stereocenters. The van der Waals surface area contributed by atoms with Crippen molar-refractivity contribution in [3.05, 3.63) is 99.9 Å². The summed E-state index contributed by atoms with van der Waals surface area (Å²) < 4.78 is 1.30. The number of nitrogens with one attached hydrogen (secondary N) is 2. The third kappa shape index (κ3) is 5.39. The van der Waals surface area contributed by atoms with Gasteiger partial charge in [0.2, 0.25) is 5.91 Å². The van der Waals surface area contributed by atoms with Crippen LogP contribution in [0.5, 0.6) is 0 Å². The maximum Gasteiger partial charge on any atom is 0.274 e. The van der Waals surface area contributed by atoms with Crippen LogP contribution in [0.1, 0.15) is 21.6 Å². The number of pyridine rings is 1. The summed E-state index contributed by atoms with van der Waals surface area (Å²) in [7, 11) is 0. The predicted octanol–water partition coefficient (Wildman–Crippen LogP) is 5.32. The van der Waals surface area contributed by atoms with E-state index in [1.165, 1.54) is 10.7 Å². The Bertz CT molecular complexity index is 1320. The Labute approximate surface area is 200 Å². The van der Waals surface area contributed by atoms with Gasteiger partial charge in [-0.3, -0.25) is 9.59 Å². The lowest BCUT2D eigenvalue weighted by Crippen LogP contribution is -2.18. The van der Waals surface area contributed by atoms with Gasteiger partial charge in [-0.15, -0.1) is 0 Å². The molecule has 33 heavy (non-hydrogen) atoms. The van der Waals surface area contributed by atoms with E-state index < -0.39 is 5.91 Å². The second kappa shape index (κ2) is 9.85. The van der Waals surface area contributed by atoms with Crippen molar-refractivity contribution in [2.45, 2.75) is 13.3 Å². The van der Waals surface area contributed by atoms with Crippen molar-refractivity contribution >= 4 is 46.4 Å². The summed E-state index contributed by atoms with van der Waals surface area (Å²) in [5, 5.41) is 10.3. The van der Waals surface area contributed by atoms with E-state index in [1.54, 1.807) is 36.5 Å². The largest absolute Gasteiger partial charge is 0.326 e. The smallest absolute Gasteiger partial charge is 0.274 e. The second-order valence-corrected chi connectivity index (χ2v) is 8.06. The molecule has 4 aromatic rings. The number of carbonyl (C=O) groups is 2. The normalized spacial score (nSPS) is 10.6. The summed E-state index contributed by atoms with van der Waals surface area (Å²) >= 11 is 12.3. The minimum atomic E-state index is -0.430. The topological polar surface area (TPSA) is 88.9 Å². The molecule has 9 heteroatoms. The standard InChI is InChI=1S/C24H19Cl2N5O2/c1-15-12-17(28-22(32)13-16-6-3-2-4-7-16)9-10-19(15)29-24(33)20-14-21(26)30-31(20)23-18(25)8-5-11-27-23/h2-12,14H,13H2,1H3,(H,28,32)(H,29,33). The molecule has 4 rings (SSSR count). The average Bonchev–Trinajstić information content (AvgIpc) is 3.18. The van der Waals surface area contributed by atoms with Crippen molar-refractivity contribution in [2.24, 2.45) is 0 Å². The van der Waals surface area contributed by atoms with E-state index in [9.17, 15) is 9.59 Å². The number of anilines is 2. The zero-order valence-electron chi connectivity index (χ0n) is 17.5. The van der Waals surface area contributed by atoms with Crippen molar-refractivity contribution in [3.63, 3.8) is 0 Å². The fraction of sp³-hybridized carbons (Fsp3) is 0.0833. The zero-order valence-corrected chi connectivity index (χ0v) is 19.1. The molecule has 166 valence electrons. The quantitative estimate of drug-likeness (QED) is 0.391. The fourth-order valence-electron chi connectivity index (χ4n) is 3.26. The molecule has 0 aliphatic carbocycles. The summed E-state index contributed by atoms with van der Waals surface area (Å²) in [5.41, 5.74) is 3.10. The van der Waals surface area contributed by atoms with Gasteiger partial charge in [-0.1, -0.05) is 53.5 Å². The molecular formula is C24H19Cl2N5O2. The molecule has 0 spiro atoms. The first-order chi connectivity index (χ1) is 15.9. The van der Waals surface area contributed by atoms with Gasteiger partial charge in [-0.05, 0) is 48.4 Å². The van der Waals surface area contributed by atoms with E-state index >= 15 is 0 Å². The van der Waals surface area contributed by atoms with Crippen molar-refractivity contribution in [1.29, 1.82) is 0 Å². The molecule has 2 aromatic carbocycles. The van der Waals surface area contributed by atoms with Gasteiger partial charge in [-0.2, -0.15) is 5.10 Å².